The van der Waals surface area contributed by atoms with Gasteiger partial charge in [0.05, 0.1) is 12.2 Å². The summed E-state index contributed by atoms with van der Waals surface area (Å²) in [5.41, 5.74) is -0.278. The third kappa shape index (κ3) is 3.80. The summed E-state index contributed by atoms with van der Waals surface area (Å²) in [6.45, 7) is 0.771. The molecule has 1 heterocycles. The van der Waals surface area contributed by atoms with Gasteiger partial charge in [0.25, 0.3) is 5.91 Å². The average Bonchev–Trinajstić information content (AvgIpc) is 3.48. The number of likely N-dealkylation sites (tertiary alicyclic amines) is 1. The molecule has 2 bridgehead atoms. The number of nitrogens with zero attached hydrogens (tertiary/aromatic N) is 1. The van der Waals surface area contributed by atoms with Crippen molar-refractivity contribution in [3.05, 3.63) is 29.1 Å². The van der Waals surface area contributed by atoms with Gasteiger partial charge in [-0.15, -0.1) is 0 Å². The first-order chi connectivity index (χ1) is 14.8. The van der Waals surface area contributed by atoms with Gasteiger partial charge in [0.15, 0.2) is 0 Å². The standard InChI is InChI=1S/C24H29F2NO4/c25-18-13-20(31-14-23-5-8-24(26,9-6-23)10-7-23)16(15-3-4-15)12-17(18)21(28)27-11-1-2-19(27)22(29)30/h12-13,15,19H,1-11,14H2,(H,29,30)/t19-,23?,24?/m0/s1. The van der Waals surface area contributed by atoms with Crippen LogP contribution in [0.3, 0.4) is 0 Å². The van der Waals surface area contributed by atoms with Gasteiger partial charge in [-0.2, -0.15) is 0 Å². The minimum atomic E-state index is -1.05. The molecule has 31 heavy (non-hydrogen) atoms. The Morgan fingerprint density at radius 1 is 1.10 bits per heavy atom. The Balaban J connectivity index is 1.37. The first kappa shape index (κ1) is 20.7. The molecule has 4 saturated carbocycles. The lowest BCUT2D eigenvalue weighted by atomic mass is 9.60. The maximum atomic E-state index is 15.0. The highest BCUT2D eigenvalue weighted by molar-refractivity contribution is 5.97. The zero-order chi connectivity index (χ0) is 21.8. The first-order valence-corrected chi connectivity index (χ1v) is 11.5. The predicted octanol–water partition coefficient (Wildman–Crippen LogP) is 4.83. The van der Waals surface area contributed by atoms with Gasteiger partial charge in [-0.25, -0.2) is 13.6 Å². The fourth-order valence-corrected chi connectivity index (χ4v) is 5.66. The van der Waals surface area contributed by atoms with E-state index in [0.717, 1.165) is 37.7 Å². The molecule has 7 heteroatoms. The number of rotatable bonds is 6. The molecule has 1 saturated heterocycles. The zero-order valence-electron chi connectivity index (χ0n) is 17.7. The number of hydrogen-bond donors (Lipinski definition) is 1. The van der Waals surface area contributed by atoms with E-state index in [1.165, 1.54) is 11.0 Å². The molecule has 1 aliphatic heterocycles. The van der Waals surface area contributed by atoms with Crippen LogP contribution in [0, 0.1) is 11.2 Å². The van der Waals surface area contributed by atoms with E-state index in [1.807, 2.05) is 0 Å². The van der Waals surface area contributed by atoms with E-state index in [0.29, 0.717) is 51.0 Å². The molecule has 1 atom stereocenters. The number of amides is 1. The third-order valence-corrected chi connectivity index (χ3v) is 7.99. The van der Waals surface area contributed by atoms with Crippen LogP contribution < -0.4 is 4.74 Å². The van der Waals surface area contributed by atoms with Crippen molar-refractivity contribution in [2.75, 3.05) is 13.2 Å². The number of benzene rings is 1. The van der Waals surface area contributed by atoms with Crippen molar-refractivity contribution in [3.63, 3.8) is 0 Å². The van der Waals surface area contributed by atoms with Crippen LogP contribution in [0.4, 0.5) is 8.78 Å². The van der Waals surface area contributed by atoms with Gasteiger partial charge in [-0.05, 0) is 81.8 Å². The highest BCUT2D eigenvalue weighted by atomic mass is 19.1. The van der Waals surface area contributed by atoms with Crippen molar-refractivity contribution < 1.29 is 28.2 Å². The van der Waals surface area contributed by atoms with Crippen LogP contribution >= 0.6 is 0 Å². The molecule has 5 nitrogen and oxygen atoms in total. The summed E-state index contributed by atoms with van der Waals surface area (Å²) >= 11 is 0. The number of carboxylic acid groups (broad SMARTS) is 1. The molecule has 1 amide bonds. The summed E-state index contributed by atoms with van der Waals surface area (Å²) in [6, 6.07) is 1.98. The van der Waals surface area contributed by atoms with Crippen LogP contribution in [0.25, 0.3) is 0 Å². The molecule has 0 spiro atoms. The number of halogens is 2. The van der Waals surface area contributed by atoms with Crippen molar-refractivity contribution in [3.8, 4) is 5.75 Å². The number of fused-ring (bicyclic) bond motifs is 3. The topological polar surface area (TPSA) is 66.8 Å². The minimum absolute atomic E-state index is 0.0378. The lowest BCUT2D eigenvalue weighted by Crippen LogP contribution is -2.46. The van der Waals surface area contributed by atoms with Gasteiger partial charge in [-0.1, -0.05) is 0 Å². The molecule has 0 unspecified atom stereocenters. The fourth-order valence-electron chi connectivity index (χ4n) is 5.66. The van der Waals surface area contributed by atoms with E-state index in [-0.39, 0.29) is 16.9 Å². The molecule has 5 fully saturated rings. The quantitative estimate of drug-likeness (QED) is 0.698. The first-order valence-electron chi connectivity index (χ1n) is 11.5. The molecular weight excluding hydrogens is 404 g/mol. The maximum absolute atomic E-state index is 15.0. The molecular formula is C24H29F2NO4. The van der Waals surface area contributed by atoms with Crippen molar-refractivity contribution in [1.82, 2.24) is 4.90 Å². The molecule has 6 rings (SSSR count). The van der Waals surface area contributed by atoms with Gasteiger partial charge >= 0.3 is 5.97 Å². The van der Waals surface area contributed by atoms with Gasteiger partial charge in [0, 0.05) is 18.0 Å². The number of hydrogen-bond acceptors (Lipinski definition) is 3. The normalized spacial score (nSPS) is 32.3. The Hall–Kier alpha value is -2.18. The molecule has 4 aliphatic carbocycles. The van der Waals surface area contributed by atoms with E-state index in [9.17, 15) is 19.1 Å². The zero-order valence-corrected chi connectivity index (χ0v) is 17.7. The van der Waals surface area contributed by atoms with Crippen LogP contribution in [0.1, 0.15) is 86.0 Å². The molecule has 0 radical (unpaired) electrons. The second-order valence-corrected chi connectivity index (χ2v) is 10.1. The van der Waals surface area contributed by atoms with Gasteiger partial charge < -0.3 is 14.7 Å². The number of carbonyl (C=O) groups is 2. The minimum Gasteiger partial charge on any atom is -0.493 e. The molecule has 1 N–H and O–H groups in total. The Bertz CT molecular complexity index is 889. The summed E-state index contributed by atoms with van der Waals surface area (Å²) in [5.74, 6) is -1.57. The summed E-state index contributed by atoms with van der Waals surface area (Å²) in [6.07, 6.45) is 7.05. The van der Waals surface area contributed by atoms with Crippen molar-refractivity contribution >= 4 is 11.9 Å². The second-order valence-electron chi connectivity index (χ2n) is 10.1. The highest BCUT2D eigenvalue weighted by Gasteiger charge is 2.49. The van der Waals surface area contributed by atoms with Crippen LogP contribution in [0.5, 0.6) is 5.75 Å². The Morgan fingerprint density at radius 3 is 2.39 bits per heavy atom. The molecule has 168 valence electrons. The number of aliphatic carboxylic acids is 1. The van der Waals surface area contributed by atoms with Gasteiger partial charge in [-0.3, -0.25) is 4.79 Å². The fraction of sp³-hybridized carbons (Fsp3) is 0.667. The SMILES string of the molecule is O=C(O)[C@@H]1CCCN1C(=O)c1cc(C2CC2)c(OCC23CCC(F)(CC2)CC3)cc1F. The van der Waals surface area contributed by atoms with Crippen LogP contribution in [-0.4, -0.2) is 46.7 Å². The Labute approximate surface area is 180 Å². The number of ether oxygens (including phenoxy) is 1. The number of carboxylic acids is 1. The van der Waals surface area contributed by atoms with E-state index >= 15 is 4.39 Å². The van der Waals surface area contributed by atoms with Gasteiger partial charge in [0.2, 0.25) is 0 Å². The smallest absolute Gasteiger partial charge is 0.326 e. The predicted molar refractivity (Wildman–Crippen MR) is 110 cm³/mol. The second kappa shape index (κ2) is 7.45. The number of alkyl halides is 1. The maximum Gasteiger partial charge on any atom is 0.326 e. The highest BCUT2D eigenvalue weighted by Crippen LogP contribution is 2.54. The van der Waals surface area contributed by atoms with Crippen LogP contribution in [0.15, 0.2) is 12.1 Å². The van der Waals surface area contributed by atoms with Crippen molar-refractivity contribution in [2.45, 2.75) is 81.8 Å². The summed E-state index contributed by atoms with van der Waals surface area (Å²) in [7, 11) is 0. The largest absolute Gasteiger partial charge is 0.493 e. The summed E-state index contributed by atoms with van der Waals surface area (Å²) < 4.78 is 35.6. The lowest BCUT2D eigenvalue weighted by molar-refractivity contribution is -0.141. The molecule has 5 aliphatic rings. The van der Waals surface area contributed by atoms with Crippen molar-refractivity contribution in [2.24, 2.45) is 5.41 Å². The van der Waals surface area contributed by atoms with E-state index in [1.54, 1.807) is 6.07 Å². The lowest BCUT2D eigenvalue weighted by Gasteiger charge is -2.49. The molecule has 1 aromatic rings. The molecule has 0 aromatic heterocycles. The van der Waals surface area contributed by atoms with Crippen LogP contribution in [-0.2, 0) is 4.79 Å². The number of carbonyl (C=O) groups excluding carboxylic acids is 1. The van der Waals surface area contributed by atoms with E-state index in [2.05, 4.69) is 0 Å². The average molecular weight is 433 g/mol. The summed E-state index contributed by atoms with van der Waals surface area (Å²) in [5, 5.41) is 9.38. The Kier molecular flexibility index (Phi) is 4.98. The monoisotopic (exact) mass is 433 g/mol. The van der Waals surface area contributed by atoms with Crippen LogP contribution in [0.2, 0.25) is 0 Å². The van der Waals surface area contributed by atoms with E-state index < -0.39 is 29.4 Å². The van der Waals surface area contributed by atoms with Gasteiger partial charge in [0.1, 0.15) is 23.3 Å². The summed E-state index contributed by atoms with van der Waals surface area (Å²) in [4.78, 5) is 25.7. The third-order valence-electron chi connectivity index (χ3n) is 7.99. The van der Waals surface area contributed by atoms with Crippen molar-refractivity contribution in [1.29, 1.82) is 0 Å². The van der Waals surface area contributed by atoms with E-state index in [4.69, 9.17) is 4.74 Å². The Morgan fingerprint density at radius 2 is 1.77 bits per heavy atom. The molecule has 1 aromatic carbocycles.